The van der Waals surface area contributed by atoms with Gasteiger partial charge in [0.15, 0.2) is 0 Å². The highest BCUT2D eigenvalue weighted by atomic mass is 19.1. The van der Waals surface area contributed by atoms with E-state index in [0.717, 1.165) is 0 Å². The van der Waals surface area contributed by atoms with Crippen LogP contribution in [0.3, 0.4) is 0 Å². The summed E-state index contributed by atoms with van der Waals surface area (Å²) >= 11 is 0. The molecule has 0 aromatic heterocycles. The number of carbonyl (C=O) groups is 1. The van der Waals surface area contributed by atoms with Gasteiger partial charge < -0.3 is 4.74 Å². The molecule has 4 heteroatoms. The Morgan fingerprint density at radius 3 is 2.62 bits per heavy atom. The summed E-state index contributed by atoms with van der Waals surface area (Å²) in [7, 11) is 1.22. The number of likely N-dealkylation sites (tertiary alicyclic amines) is 1. The predicted octanol–water partition coefficient (Wildman–Crippen LogP) is 0.982. The molecule has 0 aromatic rings. The largest absolute Gasteiger partial charge is 0.467 e. The van der Waals surface area contributed by atoms with Gasteiger partial charge in [-0.3, -0.25) is 4.90 Å². The molecule has 1 atom stereocenters. The molecule has 0 spiro atoms. The summed E-state index contributed by atoms with van der Waals surface area (Å²) in [6.45, 7) is 4.77. The number of nitrogens with zero attached hydrogens (tertiary/aromatic N) is 1. The van der Waals surface area contributed by atoms with Gasteiger partial charge in [-0.1, -0.05) is 0 Å². The Labute approximate surface area is 77.9 Å². The summed E-state index contributed by atoms with van der Waals surface area (Å²) in [5.41, 5.74) is -1.78. The Morgan fingerprint density at radius 2 is 2.23 bits per heavy atom. The molecule has 0 aliphatic carbocycles. The summed E-state index contributed by atoms with van der Waals surface area (Å²) in [5.74, 6) is -0.740. The van der Waals surface area contributed by atoms with Gasteiger partial charge in [-0.2, -0.15) is 0 Å². The van der Waals surface area contributed by atoms with E-state index in [-0.39, 0.29) is 19.0 Å². The van der Waals surface area contributed by atoms with Crippen LogP contribution in [0.1, 0.15) is 20.3 Å². The average molecular weight is 189 g/mol. The lowest BCUT2D eigenvalue weighted by molar-refractivity contribution is -0.153. The minimum absolute atomic E-state index is 0.164. The molecule has 0 saturated carbocycles. The van der Waals surface area contributed by atoms with Gasteiger partial charge in [0, 0.05) is 25.6 Å². The van der Waals surface area contributed by atoms with Crippen molar-refractivity contribution in [1.29, 1.82) is 0 Å². The molecule has 0 radical (unpaired) electrons. The number of hydrogen-bond donors (Lipinski definition) is 0. The highest BCUT2D eigenvalue weighted by Crippen LogP contribution is 2.27. The topological polar surface area (TPSA) is 29.5 Å². The minimum atomic E-state index is -1.78. The van der Waals surface area contributed by atoms with Crippen LogP contribution in [0.25, 0.3) is 0 Å². The average Bonchev–Trinajstić information content (AvgIpc) is 2.48. The maximum atomic E-state index is 13.8. The van der Waals surface area contributed by atoms with E-state index in [4.69, 9.17) is 0 Å². The summed E-state index contributed by atoms with van der Waals surface area (Å²) in [4.78, 5) is 13.0. The molecule has 3 nitrogen and oxygen atoms in total. The summed E-state index contributed by atoms with van der Waals surface area (Å²) in [6, 6.07) is 0.280. The van der Waals surface area contributed by atoms with Crippen LogP contribution < -0.4 is 0 Å². The summed E-state index contributed by atoms with van der Waals surface area (Å²) < 4.78 is 18.2. The molecular weight excluding hydrogens is 173 g/mol. The molecule has 13 heavy (non-hydrogen) atoms. The fraction of sp³-hybridized carbons (Fsp3) is 0.889. The third-order valence-electron chi connectivity index (χ3n) is 2.53. The van der Waals surface area contributed by atoms with Crippen LogP contribution in [0.2, 0.25) is 0 Å². The number of esters is 1. The Balaban J connectivity index is 2.61. The number of halogens is 1. The quantitative estimate of drug-likeness (QED) is 0.606. The number of methoxy groups -OCH3 is 1. The molecule has 0 aromatic carbocycles. The van der Waals surface area contributed by atoms with Gasteiger partial charge in [0.1, 0.15) is 0 Å². The number of alkyl halides is 1. The van der Waals surface area contributed by atoms with Crippen LogP contribution in [0.5, 0.6) is 0 Å². The standard InChI is InChI=1S/C9H16FNO2/c1-7(2)11-5-4-9(10,6-11)8(12)13-3/h7H,4-6H2,1-3H3. The van der Waals surface area contributed by atoms with E-state index < -0.39 is 11.6 Å². The number of carbonyl (C=O) groups excluding carboxylic acids is 1. The molecular formula is C9H16FNO2. The van der Waals surface area contributed by atoms with Crippen LogP contribution in [0.15, 0.2) is 0 Å². The monoisotopic (exact) mass is 189 g/mol. The molecule has 1 fully saturated rings. The lowest BCUT2D eigenvalue weighted by Crippen LogP contribution is -2.39. The van der Waals surface area contributed by atoms with Crippen molar-refractivity contribution in [1.82, 2.24) is 4.90 Å². The number of hydrogen-bond acceptors (Lipinski definition) is 3. The van der Waals surface area contributed by atoms with Crippen molar-refractivity contribution in [2.45, 2.75) is 32.0 Å². The molecule has 1 saturated heterocycles. The highest BCUT2D eigenvalue weighted by molar-refractivity contribution is 5.80. The van der Waals surface area contributed by atoms with Gasteiger partial charge in [0.25, 0.3) is 0 Å². The first-order valence-electron chi connectivity index (χ1n) is 4.51. The van der Waals surface area contributed by atoms with E-state index in [1.165, 1.54) is 7.11 Å². The van der Waals surface area contributed by atoms with Crippen molar-refractivity contribution in [3.8, 4) is 0 Å². The summed E-state index contributed by atoms with van der Waals surface area (Å²) in [5, 5.41) is 0. The lowest BCUT2D eigenvalue weighted by atomic mass is 10.1. The van der Waals surface area contributed by atoms with Crippen LogP contribution >= 0.6 is 0 Å². The van der Waals surface area contributed by atoms with Crippen molar-refractivity contribution in [3.05, 3.63) is 0 Å². The fourth-order valence-electron chi connectivity index (χ4n) is 1.59. The molecule has 0 N–H and O–H groups in total. The second-order valence-corrected chi connectivity index (χ2v) is 3.77. The van der Waals surface area contributed by atoms with E-state index >= 15 is 0 Å². The third kappa shape index (κ3) is 1.99. The Bertz CT molecular complexity index is 208. The Kier molecular flexibility index (Phi) is 2.91. The first kappa shape index (κ1) is 10.4. The molecule has 0 amide bonds. The van der Waals surface area contributed by atoms with E-state index in [1.807, 2.05) is 18.7 Å². The van der Waals surface area contributed by atoms with Crippen molar-refractivity contribution < 1.29 is 13.9 Å². The SMILES string of the molecule is COC(=O)C1(F)CCN(C(C)C)C1. The van der Waals surface area contributed by atoms with Gasteiger partial charge >= 0.3 is 5.97 Å². The first-order valence-corrected chi connectivity index (χ1v) is 4.51. The third-order valence-corrected chi connectivity index (χ3v) is 2.53. The molecule has 0 bridgehead atoms. The molecule has 1 aliphatic heterocycles. The zero-order chi connectivity index (χ0) is 10.1. The molecule has 1 unspecified atom stereocenters. The second kappa shape index (κ2) is 3.62. The smallest absolute Gasteiger partial charge is 0.345 e. The van der Waals surface area contributed by atoms with Crippen molar-refractivity contribution in [3.63, 3.8) is 0 Å². The molecule has 76 valence electrons. The number of ether oxygens (including phenoxy) is 1. The van der Waals surface area contributed by atoms with Crippen molar-refractivity contribution in [2.75, 3.05) is 20.2 Å². The van der Waals surface area contributed by atoms with E-state index in [0.29, 0.717) is 6.54 Å². The van der Waals surface area contributed by atoms with Gasteiger partial charge in [-0.05, 0) is 13.8 Å². The van der Waals surface area contributed by atoms with Crippen LogP contribution in [0.4, 0.5) is 4.39 Å². The second-order valence-electron chi connectivity index (χ2n) is 3.77. The van der Waals surface area contributed by atoms with Crippen LogP contribution in [-0.2, 0) is 9.53 Å². The predicted molar refractivity (Wildman–Crippen MR) is 47.2 cm³/mol. The van der Waals surface area contributed by atoms with Gasteiger partial charge in [0.2, 0.25) is 5.67 Å². The van der Waals surface area contributed by atoms with Crippen molar-refractivity contribution >= 4 is 5.97 Å². The van der Waals surface area contributed by atoms with E-state index in [9.17, 15) is 9.18 Å². The first-order chi connectivity index (χ1) is 5.99. The maximum absolute atomic E-state index is 13.8. The van der Waals surface area contributed by atoms with Gasteiger partial charge in [0.05, 0.1) is 7.11 Å². The Hall–Kier alpha value is -0.640. The zero-order valence-corrected chi connectivity index (χ0v) is 8.34. The van der Waals surface area contributed by atoms with Crippen LogP contribution in [-0.4, -0.2) is 42.8 Å². The number of rotatable bonds is 2. The minimum Gasteiger partial charge on any atom is -0.467 e. The Morgan fingerprint density at radius 1 is 1.62 bits per heavy atom. The molecule has 1 heterocycles. The lowest BCUT2D eigenvalue weighted by Gasteiger charge is -2.21. The normalized spacial score (nSPS) is 29.6. The van der Waals surface area contributed by atoms with Crippen molar-refractivity contribution in [2.24, 2.45) is 0 Å². The maximum Gasteiger partial charge on any atom is 0.345 e. The van der Waals surface area contributed by atoms with Gasteiger partial charge in [-0.25, -0.2) is 9.18 Å². The summed E-state index contributed by atoms with van der Waals surface area (Å²) in [6.07, 6.45) is 0.248. The van der Waals surface area contributed by atoms with E-state index in [1.54, 1.807) is 0 Å². The van der Waals surface area contributed by atoms with Crippen LogP contribution in [0, 0.1) is 0 Å². The zero-order valence-electron chi connectivity index (χ0n) is 8.34. The van der Waals surface area contributed by atoms with Gasteiger partial charge in [-0.15, -0.1) is 0 Å². The highest BCUT2D eigenvalue weighted by Gasteiger charge is 2.46. The fourth-order valence-corrected chi connectivity index (χ4v) is 1.59. The molecule has 1 rings (SSSR count). The van der Waals surface area contributed by atoms with E-state index in [2.05, 4.69) is 4.74 Å². The molecule has 1 aliphatic rings.